The summed E-state index contributed by atoms with van der Waals surface area (Å²) in [5.74, 6) is 1.07. The van der Waals surface area contributed by atoms with E-state index in [4.69, 9.17) is 19.4 Å². The minimum absolute atomic E-state index is 0.101. The fourth-order valence-electron chi connectivity index (χ4n) is 5.98. The van der Waals surface area contributed by atoms with Crippen LogP contribution in [0.25, 0.3) is 0 Å². The number of likely N-dealkylation sites (N-methyl/N-ethyl adjacent to an activating group) is 1. The van der Waals surface area contributed by atoms with Crippen LogP contribution in [-0.2, 0) is 22.6 Å². The molecule has 4 heterocycles. The highest BCUT2D eigenvalue weighted by molar-refractivity contribution is 5.87. The summed E-state index contributed by atoms with van der Waals surface area (Å²) in [5, 5.41) is 9.47. The van der Waals surface area contributed by atoms with Gasteiger partial charge in [-0.2, -0.15) is 15.2 Å². The van der Waals surface area contributed by atoms with Gasteiger partial charge in [0.05, 0.1) is 36.9 Å². The van der Waals surface area contributed by atoms with E-state index in [9.17, 15) is 10.1 Å². The Labute approximate surface area is 237 Å². The van der Waals surface area contributed by atoms with E-state index < -0.39 is 0 Å². The molecule has 212 valence electrons. The number of piperazine rings is 1. The van der Waals surface area contributed by atoms with Gasteiger partial charge in [-0.25, -0.2) is 0 Å². The zero-order valence-electron chi connectivity index (χ0n) is 23.9. The highest BCUT2D eigenvalue weighted by Gasteiger charge is 2.34. The van der Waals surface area contributed by atoms with Crippen molar-refractivity contribution in [3.8, 4) is 12.1 Å². The Morgan fingerprint density at radius 2 is 2.12 bits per heavy atom. The van der Waals surface area contributed by atoms with E-state index in [1.54, 1.807) is 4.90 Å². The molecule has 0 N–H and O–H groups in total. The minimum Gasteiger partial charge on any atom is -0.462 e. The lowest BCUT2D eigenvalue weighted by Crippen LogP contribution is -2.55. The first-order chi connectivity index (χ1) is 19.4. The van der Waals surface area contributed by atoms with Crippen LogP contribution in [0.2, 0.25) is 0 Å². The van der Waals surface area contributed by atoms with Gasteiger partial charge in [0.1, 0.15) is 12.4 Å². The molecular weight excluding hydrogens is 504 g/mol. The first kappa shape index (κ1) is 28.1. The number of nitriles is 1. The van der Waals surface area contributed by atoms with Gasteiger partial charge in [0.25, 0.3) is 0 Å². The third-order valence-electron chi connectivity index (χ3n) is 8.45. The van der Waals surface area contributed by atoms with E-state index >= 15 is 0 Å². The molecule has 40 heavy (non-hydrogen) atoms. The summed E-state index contributed by atoms with van der Waals surface area (Å²) >= 11 is 0. The van der Waals surface area contributed by atoms with Crippen LogP contribution in [0.15, 0.2) is 36.9 Å². The minimum atomic E-state index is -0.248. The first-order valence-electron chi connectivity index (χ1n) is 14.4. The summed E-state index contributed by atoms with van der Waals surface area (Å²) in [6.07, 6.45) is 4.36. The number of anilines is 1. The van der Waals surface area contributed by atoms with E-state index in [1.165, 1.54) is 18.1 Å². The average molecular weight is 545 g/mol. The lowest BCUT2D eigenvalue weighted by Gasteiger charge is -2.41. The summed E-state index contributed by atoms with van der Waals surface area (Å²) in [5.41, 5.74) is 4.33. The molecule has 3 atom stereocenters. The van der Waals surface area contributed by atoms with Gasteiger partial charge in [0.2, 0.25) is 5.91 Å². The summed E-state index contributed by atoms with van der Waals surface area (Å²) in [4.78, 5) is 28.5. The number of hydrogen-bond acceptors (Lipinski definition) is 8. The molecule has 0 radical (unpaired) electrons. The molecule has 9 nitrogen and oxygen atoms in total. The lowest BCUT2D eigenvalue weighted by molar-refractivity contribution is -0.128. The summed E-state index contributed by atoms with van der Waals surface area (Å²) < 4.78 is 12.7. The van der Waals surface area contributed by atoms with Crippen LogP contribution in [0.4, 0.5) is 5.82 Å². The van der Waals surface area contributed by atoms with Crippen molar-refractivity contribution in [3.05, 3.63) is 59.3 Å². The number of fused-ring (bicyclic) bond motifs is 1. The third-order valence-corrected chi connectivity index (χ3v) is 8.45. The van der Waals surface area contributed by atoms with Crippen molar-refractivity contribution in [2.24, 2.45) is 0 Å². The molecule has 2 saturated heterocycles. The van der Waals surface area contributed by atoms with Crippen molar-refractivity contribution in [2.75, 3.05) is 44.7 Å². The zero-order valence-corrected chi connectivity index (χ0v) is 23.9. The predicted molar refractivity (Wildman–Crippen MR) is 153 cm³/mol. The molecule has 1 amide bonds. The largest absolute Gasteiger partial charge is 0.462 e. The maximum Gasteiger partial charge on any atom is 0.318 e. The summed E-state index contributed by atoms with van der Waals surface area (Å²) in [7, 11) is 2.13. The van der Waals surface area contributed by atoms with Crippen LogP contribution in [-0.4, -0.2) is 77.6 Å². The van der Waals surface area contributed by atoms with Gasteiger partial charge in [-0.3, -0.25) is 4.79 Å². The number of rotatable bonds is 8. The van der Waals surface area contributed by atoms with E-state index in [2.05, 4.69) is 67.6 Å². The number of carbonyl (C=O) groups is 1. The Morgan fingerprint density at radius 1 is 1.27 bits per heavy atom. The molecule has 0 saturated carbocycles. The van der Waals surface area contributed by atoms with E-state index in [0.717, 1.165) is 35.6 Å². The molecule has 3 aliphatic heterocycles. The molecule has 0 bridgehead atoms. The van der Waals surface area contributed by atoms with Crippen molar-refractivity contribution >= 4 is 11.7 Å². The van der Waals surface area contributed by atoms with E-state index in [0.29, 0.717) is 57.2 Å². The maximum absolute atomic E-state index is 12.5. The molecule has 1 aromatic heterocycles. The normalized spacial score (nSPS) is 23.1. The highest BCUT2D eigenvalue weighted by atomic mass is 16.5. The molecule has 2 aromatic rings. The molecule has 0 spiro atoms. The molecule has 5 rings (SSSR count). The second kappa shape index (κ2) is 12.4. The van der Waals surface area contributed by atoms with Crippen LogP contribution in [0.1, 0.15) is 67.5 Å². The number of likely N-dealkylation sites (tertiary alicyclic amines) is 1. The van der Waals surface area contributed by atoms with Crippen molar-refractivity contribution < 1.29 is 14.3 Å². The standard InChI is InChI=1S/C31H40N6O3/c1-5-29(38)37-15-14-36(18-24(37)11-12-32)30-26-20-39-28(23-9-6-8-22(16-23)21(2)3)17-27(26)33-31(34-30)40-19-25-10-7-13-35(25)4/h5-6,8-9,16,21,24-25,28H,1,7,10-11,13-15,17-20H2,2-4H3/t24-,25-,28?/m0/s1. The number of carbonyl (C=O) groups excluding carboxylic acids is 1. The van der Waals surface area contributed by atoms with Crippen molar-refractivity contribution in [2.45, 2.75) is 70.2 Å². The van der Waals surface area contributed by atoms with E-state index in [1.807, 2.05) is 0 Å². The molecule has 1 unspecified atom stereocenters. The number of hydrogen-bond donors (Lipinski definition) is 0. The fourth-order valence-corrected chi connectivity index (χ4v) is 5.98. The third kappa shape index (κ3) is 5.98. The van der Waals surface area contributed by atoms with Crippen molar-refractivity contribution in [1.82, 2.24) is 19.8 Å². The number of nitrogens with zero attached hydrogens (tertiary/aromatic N) is 6. The van der Waals surface area contributed by atoms with Crippen molar-refractivity contribution in [3.63, 3.8) is 0 Å². The van der Waals surface area contributed by atoms with Crippen LogP contribution < -0.4 is 9.64 Å². The fraction of sp³-hybridized carbons (Fsp3) is 0.548. The Hall–Kier alpha value is -3.48. The second-order valence-corrected chi connectivity index (χ2v) is 11.4. The smallest absolute Gasteiger partial charge is 0.318 e. The van der Waals surface area contributed by atoms with E-state index in [-0.39, 0.29) is 24.5 Å². The second-order valence-electron chi connectivity index (χ2n) is 11.4. The van der Waals surface area contributed by atoms with Gasteiger partial charge in [0.15, 0.2) is 0 Å². The van der Waals surface area contributed by atoms with Gasteiger partial charge in [-0.1, -0.05) is 44.7 Å². The molecule has 0 aliphatic carbocycles. The highest BCUT2D eigenvalue weighted by Crippen LogP contribution is 2.36. The van der Waals surface area contributed by atoms with Gasteiger partial charge in [-0.05, 0) is 49.6 Å². The zero-order chi connectivity index (χ0) is 28.2. The quantitative estimate of drug-likeness (QED) is 0.460. The summed E-state index contributed by atoms with van der Waals surface area (Å²) in [6.45, 7) is 11.6. The van der Waals surface area contributed by atoms with Crippen LogP contribution >= 0.6 is 0 Å². The first-order valence-corrected chi connectivity index (χ1v) is 14.4. The summed E-state index contributed by atoms with van der Waals surface area (Å²) in [6, 6.07) is 11.3. The van der Waals surface area contributed by atoms with Gasteiger partial charge < -0.3 is 24.2 Å². The van der Waals surface area contributed by atoms with Crippen molar-refractivity contribution in [1.29, 1.82) is 5.26 Å². The molecule has 3 aliphatic rings. The molecular formula is C31H40N6O3. The Bertz CT molecular complexity index is 1270. The molecule has 2 fully saturated rings. The predicted octanol–water partition coefficient (Wildman–Crippen LogP) is 4.00. The number of ether oxygens (including phenoxy) is 2. The van der Waals surface area contributed by atoms with Gasteiger partial charge in [-0.15, -0.1) is 0 Å². The van der Waals surface area contributed by atoms with Crippen LogP contribution in [0.5, 0.6) is 6.01 Å². The van der Waals surface area contributed by atoms with Crippen LogP contribution in [0, 0.1) is 11.3 Å². The van der Waals surface area contributed by atoms with Gasteiger partial charge in [0, 0.05) is 37.7 Å². The van der Waals surface area contributed by atoms with Crippen LogP contribution in [0.3, 0.4) is 0 Å². The Kier molecular flexibility index (Phi) is 8.67. The molecule has 1 aromatic carbocycles. The Morgan fingerprint density at radius 3 is 2.85 bits per heavy atom. The number of benzene rings is 1. The SMILES string of the molecule is C=CC(=O)N1CCN(c2nc(OC[C@@H]3CCCN3C)nc3c2COC(c2cccc(C(C)C)c2)C3)C[C@@H]1CC#N. The number of amides is 1. The average Bonchev–Trinajstić information content (AvgIpc) is 3.39. The number of aromatic nitrogens is 2. The maximum atomic E-state index is 12.5. The monoisotopic (exact) mass is 544 g/mol. The Balaban J connectivity index is 1.44. The van der Waals surface area contributed by atoms with Gasteiger partial charge >= 0.3 is 6.01 Å². The topological polar surface area (TPSA) is 94.8 Å². The lowest BCUT2D eigenvalue weighted by atomic mass is 9.94. The molecule has 9 heteroatoms.